The van der Waals surface area contributed by atoms with Crippen molar-refractivity contribution in [3.63, 3.8) is 0 Å². The first-order valence-corrected chi connectivity index (χ1v) is 16.4. The normalized spacial score (nSPS) is 16.9. The van der Waals surface area contributed by atoms with E-state index in [-0.39, 0.29) is 18.1 Å². The van der Waals surface area contributed by atoms with Crippen LogP contribution in [0.4, 0.5) is 0 Å². The third-order valence-electron chi connectivity index (χ3n) is 8.89. The van der Waals surface area contributed by atoms with Gasteiger partial charge in [-0.2, -0.15) is 24.4 Å². The molecule has 1 fully saturated rings. The van der Waals surface area contributed by atoms with E-state index in [1.165, 1.54) is 5.57 Å². The van der Waals surface area contributed by atoms with Crippen LogP contribution >= 0.6 is 24.4 Å². The Bertz CT molecular complexity index is 1960. The van der Waals surface area contributed by atoms with E-state index in [2.05, 4.69) is 42.9 Å². The summed E-state index contributed by atoms with van der Waals surface area (Å²) in [5, 5.41) is 19.4. The Hall–Kier alpha value is -3.76. The van der Waals surface area contributed by atoms with Gasteiger partial charge in [-0.15, -0.1) is 0 Å². The first-order valence-electron chi connectivity index (χ1n) is 14.8. The highest BCUT2D eigenvalue weighted by atomic mass is 32.2. The quantitative estimate of drug-likeness (QED) is 0.127. The molecule has 0 unspecified atom stereocenters. The molecule has 0 saturated carbocycles. The van der Waals surface area contributed by atoms with E-state index >= 15 is 0 Å². The highest BCUT2D eigenvalue weighted by molar-refractivity contribution is 8.07. The molecule has 1 saturated heterocycles. The first-order chi connectivity index (χ1) is 20.9. The first kappa shape index (κ1) is 30.3. The molecule has 3 aliphatic rings. The van der Waals surface area contributed by atoms with E-state index in [4.69, 9.17) is 22.6 Å². The second-order valence-corrected chi connectivity index (χ2v) is 13.8. The van der Waals surface area contributed by atoms with Crippen LogP contribution in [-0.4, -0.2) is 53.1 Å². The summed E-state index contributed by atoms with van der Waals surface area (Å²) < 4.78 is 0. The number of carboxylic acid groups (broad SMARTS) is 2. The number of aromatic nitrogens is 4. The van der Waals surface area contributed by atoms with Crippen LogP contribution in [0.15, 0.2) is 24.3 Å². The summed E-state index contributed by atoms with van der Waals surface area (Å²) in [6.07, 6.45) is 0.664. The van der Waals surface area contributed by atoms with Crippen LogP contribution < -0.4 is 0 Å². The predicted octanol–water partition coefficient (Wildman–Crippen LogP) is 7.78. The lowest BCUT2D eigenvalue weighted by molar-refractivity contribution is -0.137. The summed E-state index contributed by atoms with van der Waals surface area (Å²) in [6, 6.07) is 8.19. The number of hydrogen-bond acceptors (Lipinski definition) is 6. The van der Waals surface area contributed by atoms with Gasteiger partial charge in [-0.05, 0) is 116 Å². The van der Waals surface area contributed by atoms with Gasteiger partial charge in [-0.1, -0.05) is 0 Å². The molecule has 10 heteroatoms. The molecule has 2 atom stereocenters. The number of rotatable bonds is 8. The van der Waals surface area contributed by atoms with Crippen molar-refractivity contribution in [1.82, 2.24) is 19.9 Å². The average molecular weight is 629 g/mol. The maximum absolute atomic E-state index is 11.6. The van der Waals surface area contributed by atoms with Crippen molar-refractivity contribution in [2.24, 2.45) is 0 Å². The lowest BCUT2D eigenvalue weighted by Gasteiger charge is -2.04. The zero-order valence-electron chi connectivity index (χ0n) is 25.5. The van der Waals surface area contributed by atoms with Crippen LogP contribution in [-0.2, 0) is 16.0 Å². The number of carbonyl (C=O) groups is 2. The fourth-order valence-corrected chi connectivity index (χ4v) is 7.47. The molecule has 6 heterocycles. The van der Waals surface area contributed by atoms with E-state index in [0.717, 1.165) is 83.9 Å². The molecule has 228 valence electrons. The summed E-state index contributed by atoms with van der Waals surface area (Å²) in [5.74, 6) is -0.682. The molecule has 8 bridgehead atoms. The van der Waals surface area contributed by atoms with Crippen LogP contribution in [0, 0.1) is 13.8 Å². The van der Waals surface area contributed by atoms with Crippen LogP contribution in [0.2, 0.25) is 0 Å². The molecule has 44 heavy (non-hydrogen) atoms. The van der Waals surface area contributed by atoms with Crippen molar-refractivity contribution in [2.75, 3.05) is 5.75 Å². The highest BCUT2D eigenvalue weighted by Gasteiger charge is 2.34. The molecule has 0 aromatic carbocycles. The van der Waals surface area contributed by atoms with Gasteiger partial charge < -0.3 is 20.2 Å². The summed E-state index contributed by atoms with van der Waals surface area (Å²) >= 11 is 6.74. The number of allylic oxidation sites excluding steroid dienone is 3. The number of nitrogens with one attached hydrogen (secondary N) is 2. The number of H-pyrrole nitrogens is 2. The Labute approximate surface area is 265 Å². The Morgan fingerprint density at radius 3 is 2.09 bits per heavy atom. The third-order valence-corrected chi connectivity index (χ3v) is 10.0. The van der Waals surface area contributed by atoms with Crippen LogP contribution in [0.25, 0.3) is 44.4 Å². The van der Waals surface area contributed by atoms with Gasteiger partial charge in [0.15, 0.2) is 0 Å². The molecular formula is C34H36N4O4S2. The summed E-state index contributed by atoms with van der Waals surface area (Å²) in [6.45, 7) is 10.3. The lowest BCUT2D eigenvalue weighted by atomic mass is 9.99. The summed E-state index contributed by atoms with van der Waals surface area (Å²) in [4.78, 5) is 40.6. The van der Waals surface area contributed by atoms with Crippen LogP contribution in [0.5, 0.6) is 0 Å². The molecular weight excluding hydrogens is 593 g/mol. The molecule has 0 amide bonds. The standard InChI is InChI=1S/C34H36N4O4S2/c1-15-20(6-8-31(39)40)26-13-27-21(7-9-32(41)42)16(2)23(36-27)11-29-34(30-14-44-30)18(4)25(38-29)12-28-33(19(5)43)17(3)24(37-28)10-22(15)35-26/h10-13,19,30,35,37,43H,6-9,14H2,1-5H3,(H,39,40)(H,41,42)/t19-,30+/m0/s1. The Morgan fingerprint density at radius 2 is 1.43 bits per heavy atom. The Morgan fingerprint density at radius 1 is 0.841 bits per heavy atom. The van der Waals surface area contributed by atoms with Gasteiger partial charge in [0.2, 0.25) is 0 Å². The largest absolute Gasteiger partial charge is 0.481 e. The minimum absolute atomic E-state index is 0.00856. The highest BCUT2D eigenvalue weighted by Crippen LogP contribution is 2.47. The van der Waals surface area contributed by atoms with E-state index in [9.17, 15) is 19.8 Å². The number of nitrogens with zero attached hydrogens (tertiary/aromatic N) is 2. The number of fused-ring (bicyclic) bond motifs is 8. The number of thioether (sulfide) groups is 1. The second-order valence-electron chi connectivity index (χ2n) is 11.8. The number of hydrogen-bond donors (Lipinski definition) is 5. The minimum Gasteiger partial charge on any atom is -0.481 e. The molecule has 0 radical (unpaired) electrons. The molecule has 3 aromatic rings. The van der Waals surface area contributed by atoms with Crippen molar-refractivity contribution < 1.29 is 19.8 Å². The number of carboxylic acids is 2. The molecule has 8 nitrogen and oxygen atoms in total. The minimum atomic E-state index is -0.868. The molecule has 6 rings (SSSR count). The molecule has 3 aliphatic heterocycles. The smallest absolute Gasteiger partial charge is 0.303 e. The maximum atomic E-state index is 11.6. The van der Waals surface area contributed by atoms with E-state index < -0.39 is 11.9 Å². The van der Waals surface area contributed by atoms with E-state index in [0.29, 0.717) is 23.8 Å². The van der Waals surface area contributed by atoms with Gasteiger partial charge in [0.25, 0.3) is 0 Å². The summed E-state index contributed by atoms with van der Waals surface area (Å²) in [7, 11) is 0. The predicted molar refractivity (Wildman–Crippen MR) is 182 cm³/mol. The van der Waals surface area contributed by atoms with Crippen molar-refractivity contribution in [3.05, 3.63) is 69.3 Å². The van der Waals surface area contributed by atoms with Gasteiger partial charge in [0, 0.05) is 51.2 Å². The number of aromatic amines is 2. The van der Waals surface area contributed by atoms with Crippen molar-refractivity contribution in [2.45, 2.75) is 70.8 Å². The fraction of sp³-hybridized carbons (Fsp3) is 0.353. The van der Waals surface area contributed by atoms with Crippen molar-refractivity contribution >= 4 is 80.7 Å². The Balaban J connectivity index is 1.74. The SMILES string of the molecule is CC1=C(CCC(=O)O)c2cc3[nH]c(cc4[nH]c(cc5nc(cc1n2)C([C@H]1CS1)=C5C)c([C@H](C)S)c4C)c(C)c3CCC(=O)O. The van der Waals surface area contributed by atoms with Crippen LogP contribution in [0.3, 0.4) is 0 Å². The topological polar surface area (TPSA) is 132 Å². The lowest BCUT2D eigenvalue weighted by Crippen LogP contribution is -1.98. The van der Waals surface area contributed by atoms with Gasteiger partial charge in [-0.3, -0.25) is 9.59 Å². The second kappa shape index (κ2) is 11.6. The molecule has 4 N–H and O–H groups in total. The number of aliphatic carboxylic acids is 2. The number of aryl methyl sites for hydroxylation is 3. The third kappa shape index (κ3) is 5.61. The fourth-order valence-electron chi connectivity index (χ4n) is 6.41. The average Bonchev–Trinajstić information content (AvgIpc) is 3.49. The van der Waals surface area contributed by atoms with Crippen molar-refractivity contribution in [3.8, 4) is 0 Å². The van der Waals surface area contributed by atoms with Gasteiger partial charge in [0.1, 0.15) is 0 Å². The van der Waals surface area contributed by atoms with Crippen molar-refractivity contribution in [1.29, 1.82) is 0 Å². The molecule has 0 spiro atoms. The zero-order chi connectivity index (χ0) is 31.4. The van der Waals surface area contributed by atoms with E-state index in [1.807, 2.05) is 37.7 Å². The van der Waals surface area contributed by atoms with Crippen LogP contribution in [0.1, 0.15) is 90.3 Å². The summed E-state index contributed by atoms with van der Waals surface area (Å²) in [5.41, 5.74) is 15.1. The Kier molecular flexibility index (Phi) is 8.00. The number of thiol groups is 1. The monoisotopic (exact) mass is 628 g/mol. The molecule has 0 aliphatic carbocycles. The maximum Gasteiger partial charge on any atom is 0.303 e. The van der Waals surface area contributed by atoms with Gasteiger partial charge in [-0.25, -0.2) is 9.97 Å². The van der Waals surface area contributed by atoms with Gasteiger partial charge >= 0.3 is 11.9 Å². The molecule has 3 aromatic heterocycles. The zero-order valence-corrected chi connectivity index (χ0v) is 27.2. The van der Waals surface area contributed by atoms with Gasteiger partial charge in [0.05, 0.1) is 22.8 Å². The van der Waals surface area contributed by atoms with E-state index in [1.54, 1.807) is 0 Å².